The van der Waals surface area contributed by atoms with E-state index in [-0.39, 0.29) is 6.42 Å². The third-order valence-corrected chi connectivity index (χ3v) is 1.10. The van der Waals surface area contributed by atoms with Crippen LogP contribution in [0.15, 0.2) is 0 Å². The Bertz CT molecular complexity index is 262. The summed E-state index contributed by atoms with van der Waals surface area (Å²) < 4.78 is 4.79. The average molecular weight is 152 g/mol. The van der Waals surface area contributed by atoms with Gasteiger partial charge in [-0.15, -0.1) is 0 Å². The van der Waals surface area contributed by atoms with E-state index in [1.165, 1.54) is 0 Å². The van der Waals surface area contributed by atoms with Crippen molar-refractivity contribution in [3.8, 4) is 6.07 Å². The maximum Gasteiger partial charge on any atom is 0.176 e. The highest BCUT2D eigenvalue weighted by atomic mass is 16.5. The van der Waals surface area contributed by atoms with Gasteiger partial charge >= 0.3 is 0 Å². The van der Waals surface area contributed by atoms with Crippen molar-refractivity contribution in [1.29, 1.82) is 5.26 Å². The first-order chi connectivity index (χ1) is 5.36. The Labute approximate surface area is 64.0 Å². The summed E-state index contributed by atoms with van der Waals surface area (Å²) in [6.07, 6.45) is 0.261. The summed E-state index contributed by atoms with van der Waals surface area (Å²) in [4.78, 5) is 3.98. The molecule has 0 aromatic carbocycles. The van der Waals surface area contributed by atoms with Gasteiger partial charge in [0.25, 0.3) is 0 Å². The normalized spacial score (nSPS) is 9.45. The van der Waals surface area contributed by atoms with Crippen molar-refractivity contribution in [2.24, 2.45) is 0 Å². The SMILES string of the molecule is COCc1n[nH]c(CC#N)n1. The molecule has 5 nitrogen and oxygen atoms in total. The lowest BCUT2D eigenvalue weighted by Crippen LogP contribution is -1.90. The second kappa shape index (κ2) is 3.68. The molecule has 0 amide bonds. The van der Waals surface area contributed by atoms with Crippen LogP contribution < -0.4 is 0 Å². The van der Waals surface area contributed by atoms with Crippen molar-refractivity contribution in [1.82, 2.24) is 15.2 Å². The Balaban J connectivity index is 2.60. The molecule has 0 unspecified atom stereocenters. The summed E-state index contributed by atoms with van der Waals surface area (Å²) in [6, 6.07) is 1.96. The minimum atomic E-state index is 0.261. The van der Waals surface area contributed by atoms with E-state index in [1.807, 2.05) is 6.07 Å². The molecule has 0 saturated heterocycles. The van der Waals surface area contributed by atoms with E-state index in [1.54, 1.807) is 7.11 Å². The monoisotopic (exact) mass is 152 g/mol. The first-order valence-corrected chi connectivity index (χ1v) is 3.13. The molecule has 11 heavy (non-hydrogen) atoms. The van der Waals surface area contributed by atoms with Crippen LogP contribution in [0, 0.1) is 11.3 Å². The van der Waals surface area contributed by atoms with E-state index in [9.17, 15) is 0 Å². The number of ether oxygens (including phenoxy) is 1. The fourth-order valence-electron chi connectivity index (χ4n) is 0.682. The van der Waals surface area contributed by atoms with E-state index in [0.29, 0.717) is 18.3 Å². The maximum absolute atomic E-state index is 8.29. The number of rotatable bonds is 3. The molecule has 0 bridgehead atoms. The topological polar surface area (TPSA) is 74.6 Å². The first-order valence-electron chi connectivity index (χ1n) is 3.13. The molecule has 0 aliphatic heterocycles. The molecule has 5 heteroatoms. The summed E-state index contributed by atoms with van der Waals surface area (Å²) in [5.74, 6) is 1.16. The van der Waals surface area contributed by atoms with Crippen LogP contribution in [0.25, 0.3) is 0 Å². The van der Waals surface area contributed by atoms with Crippen LogP contribution >= 0.6 is 0 Å². The number of nitrogens with zero attached hydrogens (tertiary/aromatic N) is 3. The van der Waals surface area contributed by atoms with Gasteiger partial charge in [-0.25, -0.2) is 4.98 Å². The Kier molecular flexibility index (Phi) is 2.58. The average Bonchev–Trinajstić information content (AvgIpc) is 2.38. The molecular formula is C6H8N4O. The van der Waals surface area contributed by atoms with Crippen molar-refractivity contribution in [3.63, 3.8) is 0 Å². The molecule has 1 N–H and O–H groups in total. The molecule has 0 atom stereocenters. The zero-order chi connectivity index (χ0) is 8.10. The van der Waals surface area contributed by atoms with Gasteiger partial charge in [0, 0.05) is 7.11 Å². The van der Waals surface area contributed by atoms with Gasteiger partial charge in [0.15, 0.2) is 5.82 Å². The highest BCUT2D eigenvalue weighted by Crippen LogP contribution is 1.93. The Morgan fingerprint density at radius 3 is 3.18 bits per heavy atom. The predicted molar refractivity (Wildman–Crippen MR) is 36.4 cm³/mol. The van der Waals surface area contributed by atoms with Crippen LogP contribution in [0.1, 0.15) is 11.6 Å². The van der Waals surface area contributed by atoms with E-state index in [4.69, 9.17) is 10.00 Å². The Morgan fingerprint density at radius 2 is 2.55 bits per heavy atom. The first kappa shape index (κ1) is 7.69. The lowest BCUT2D eigenvalue weighted by Gasteiger charge is -1.87. The summed E-state index contributed by atoms with van der Waals surface area (Å²) in [5, 5.41) is 14.7. The Morgan fingerprint density at radius 1 is 1.73 bits per heavy atom. The lowest BCUT2D eigenvalue weighted by atomic mass is 10.4. The fraction of sp³-hybridized carbons (Fsp3) is 0.500. The number of hydrogen-bond donors (Lipinski definition) is 1. The van der Waals surface area contributed by atoms with Crippen LogP contribution in [0.3, 0.4) is 0 Å². The predicted octanol–water partition coefficient (Wildman–Crippen LogP) is 0.0172. The molecule has 1 aromatic rings. The van der Waals surface area contributed by atoms with Gasteiger partial charge in [-0.1, -0.05) is 0 Å². The number of nitriles is 1. The summed E-state index contributed by atoms with van der Waals surface area (Å²) in [7, 11) is 1.57. The number of H-pyrrole nitrogens is 1. The van der Waals surface area contributed by atoms with Gasteiger partial charge in [0.05, 0.1) is 12.5 Å². The van der Waals surface area contributed by atoms with Gasteiger partial charge in [0.1, 0.15) is 12.4 Å². The van der Waals surface area contributed by atoms with E-state index in [2.05, 4.69) is 15.2 Å². The molecule has 0 spiro atoms. The van der Waals surface area contributed by atoms with Crippen LogP contribution in [0.4, 0.5) is 0 Å². The number of nitrogens with one attached hydrogen (secondary N) is 1. The van der Waals surface area contributed by atoms with Gasteiger partial charge in [-0.2, -0.15) is 10.4 Å². The van der Waals surface area contributed by atoms with Crippen LogP contribution in [0.2, 0.25) is 0 Å². The number of methoxy groups -OCH3 is 1. The highest BCUT2D eigenvalue weighted by molar-refractivity contribution is 4.95. The third-order valence-electron chi connectivity index (χ3n) is 1.10. The summed E-state index contributed by atoms with van der Waals surface area (Å²) in [6.45, 7) is 0.377. The zero-order valence-electron chi connectivity index (χ0n) is 6.16. The van der Waals surface area contributed by atoms with Crippen molar-refractivity contribution in [2.45, 2.75) is 13.0 Å². The second-order valence-corrected chi connectivity index (χ2v) is 1.97. The number of aromatic amines is 1. The van der Waals surface area contributed by atoms with Crippen molar-refractivity contribution in [3.05, 3.63) is 11.6 Å². The summed E-state index contributed by atoms with van der Waals surface area (Å²) >= 11 is 0. The Hall–Kier alpha value is -1.41. The molecule has 58 valence electrons. The van der Waals surface area contributed by atoms with Crippen LogP contribution in [0.5, 0.6) is 0 Å². The molecule has 1 heterocycles. The molecule has 0 radical (unpaired) electrons. The maximum atomic E-state index is 8.29. The van der Waals surface area contributed by atoms with Gasteiger partial charge in [0.2, 0.25) is 0 Å². The second-order valence-electron chi connectivity index (χ2n) is 1.97. The van der Waals surface area contributed by atoms with E-state index < -0.39 is 0 Å². The molecule has 0 fully saturated rings. The quantitative estimate of drug-likeness (QED) is 0.662. The zero-order valence-corrected chi connectivity index (χ0v) is 6.16. The molecule has 0 saturated carbocycles. The van der Waals surface area contributed by atoms with Crippen LogP contribution in [-0.4, -0.2) is 22.3 Å². The molecule has 1 aromatic heterocycles. The van der Waals surface area contributed by atoms with E-state index >= 15 is 0 Å². The number of aromatic nitrogens is 3. The summed E-state index contributed by atoms with van der Waals surface area (Å²) in [5.41, 5.74) is 0. The largest absolute Gasteiger partial charge is 0.377 e. The van der Waals surface area contributed by atoms with Crippen LogP contribution in [-0.2, 0) is 17.8 Å². The van der Waals surface area contributed by atoms with Gasteiger partial charge in [-0.3, -0.25) is 5.10 Å². The minimum absolute atomic E-state index is 0.261. The van der Waals surface area contributed by atoms with Crippen molar-refractivity contribution in [2.75, 3.05) is 7.11 Å². The van der Waals surface area contributed by atoms with E-state index in [0.717, 1.165) is 0 Å². The minimum Gasteiger partial charge on any atom is -0.377 e. The number of hydrogen-bond acceptors (Lipinski definition) is 4. The molecule has 0 aliphatic rings. The standard InChI is InChI=1S/C6H8N4O/c1-11-4-6-8-5(2-3-7)9-10-6/h2,4H2,1H3,(H,8,9,10). The van der Waals surface area contributed by atoms with Crippen molar-refractivity contribution < 1.29 is 4.74 Å². The fourth-order valence-corrected chi connectivity index (χ4v) is 0.682. The molecule has 0 aliphatic carbocycles. The highest BCUT2D eigenvalue weighted by Gasteiger charge is 2.00. The van der Waals surface area contributed by atoms with Gasteiger partial charge < -0.3 is 4.74 Å². The molecular weight excluding hydrogens is 144 g/mol. The van der Waals surface area contributed by atoms with Crippen molar-refractivity contribution >= 4 is 0 Å². The van der Waals surface area contributed by atoms with Gasteiger partial charge in [-0.05, 0) is 0 Å². The molecule has 1 rings (SSSR count). The third kappa shape index (κ3) is 2.02. The smallest absolute Gasteiger partial charge is 0.176 e. The lowest BCUT2D eigenvalue weighted by molar-refractivity contribution is 0.178.